The van der Waals surface area contributed by atoms with Gasteiger partial charge in [0.05, 0.1) is 33.8 Å². The molecule has 0 aliphatic heterocycles. The molecule has 78 heavy (non-hydrogen) atoms. The minimum Gasteiger partial charge on any atom is -0.456 e. The highest BCUT2D eigenvalue weighted by molar-refractivity contribution is 7.47. The Morgan fingerprint density at radius 2 is 0.782 bits per heavy atom. The van der Waals surface area contributed by atoms with E-state index in [1.165, 1.54) is 238 Å². The summed E-state index contributed by atoms with van der Waals surface area (Å²) in [5, 5.41) is 3.07. The van der Waals surface area contributed by atoms with E-state index in [1.54, 1.807) is 0 Å². The lowest BCUT2D eigenvalue weighted by atomic mass is 10.0. The molecule has 0 aliphatic rings. The average molecular weight is 1120 g/mol. The molecule has 0 saturated carbocycles. The van der Waals surface area contributed by atoms with E-state index < -0.39 is 20.0 Å². The highest BCUT2D eigenvalue weighted by atomic mass is 31.2. The molecule has 0 radical (unpaired) electrons. The van der Waals surface area contributed by atoms with Crippen molar-refractivity contribution in [2.75, 3.05) is 40.9 Å². The van der Waals surface area contributed by atoms with Crippen LogP contribution < -0.4 is 5.32 Å². The van der Waals surface area contributed by atoms with Gasteiger partial charge in [0.1, 0.15) is 19.3 Å². The number of hydrogen-bond donors (Lipinski definition) is 2. The monoisotopic (exact) mass is 1120 g/mol. The molecule has 0 spiro atoms. The van der Waals surface area contributed by atoms with Crippen LogP contribution in [0.5, 0.6) is 0 Å². The van der Waals surface area contributed by atoms with Crippen LogP contribution in [0.2, 0.25) is 0 Å². The number of carbonyl (C=O) groups is 2. The van der Waals surface area contributed by atoms with E-state index in [0.29, 0.717) is 23.9 Å². The number of likely N-dealkylation sites (N-methyl/N-ethyl adjacent to an activating group) is 1. The first kappa shape index (κ1) is 76.2. The van der Waals surface area contributed by atoms with Crippen molar-refractivity contribution >= 4 is 19.7 Å². The van der Waals surface area contributed by atoms with Crippen LogP contribution in [0.15, 0.2) is 36.5 Å². The van der Waals surface area contributed by atoms with Crippen molar-refractivity contribution in [3.63, 3.8) is 0 Å². The maximum absolute atomic E-state index is 13.6. The van der Waals surface area contributed by atoms with E-state index in [0.717, 1.165) is 64.2 Å². The number of nitrogens with zero attached hydrogens (tertiary/aromatic N) is 1. The maximum atomic E-state index is 13.6. The van der Waals surface area contributed by atoms with Gasteiger partial charge in [0.15, 0.2) is 0 Å². The van der Waals surface area contributed by atoms with Crippen LogP contribution in [-0.4, -0.2) is 74.3 Å². The van der Waals surface area contributed by atoms with Crippen LogP contribution in [0.4, 0.5) is 0 Å². The molecule has 0 rings (SSSR count). The summed E-state index contributed by atoms with van der Waals surface area (Å²) in [5.74, 6) is -0.492. The van der Waals surface area contributed by atoms with Crippen molar-refractivity contribution in [1.29, 1.82) is 0 Å². The fourth-order valence-corrected chi connectivity index (χ4v) is 10.8. The number of ether oxygens (including phenoxy) is 1. The first-order valence-corrected chi connectivity index (χ1v) is 35.3. The van der Waals surface area contributed by atoms with Gasteiger partial charge in [-0.25, -0.2) is 4.57 Å². The third-order valence-corrected chi connectivity index (χ3v) is 16.3. The van der Waals surface area contributed by atoms with Crippen LogP contribution in [0.1, 0.15) is 335 Å². The molecule has 0 aromatic heterocycles. The number of phosphoric ester groups is 1. The molecule has 0 heterocycles. The lowest BCUT2D eigenvalue weighted by molar-refractivity contribution is -0.870. The second kappa shape index (κ2) is 58.4. The summed E-state index contributed by atoms with van der Waals surface area (Å²) in [6.45, 7) is 7.04. The van der Waals surface area contributed by atoms with Crippen LogP contribution >= 0.6 is 7.82 Å². The number of esters is 1. The molecule has 9 nitrogen and oxygen atoms in total. The molecule has 0 aliphatic carbocycles. The standard InChI is InChI=1S/C68H131N2O7P/c1-7-10-13-16-19-22-25-28-30-32-34-35-37-39-41-43-46-49-52-55-58-61-68(72)77-66(59-56-53-50-47-44-27-24-21-18-15-12-9-3)65(64-76-78(73,74)75-63-62-70(4,5)6)69-67(71)60-57-54-51-48-45-42-40-38-36-33-31-29-26-23-20-17-14-11-8-2/h20,23,29,31,56,59,65-66H,7-19,21-22,24-28,30,32-55,57-58,60-64H2,1-6H3,(H-,69,71,73,74)/p+1/b23-20-,31-29-,59-56+. The van der Waals surface area contributed by atoms with E-state index in [2.05, 4.69) is 50.4 Å². The van der Waals surface area contributed by atoms with E-state index in [1.807, 2.05) is 33.3 Å². The molecule has 0 saturated heterocycles. The SMILES string of the molecule is CCCCC/C=C\C/C=C\CCCCCCCCCCCC(=O)NC(COP(=O)(O)OCC[N+](C)(C)C)C(/C=C/CCCCCCCCCCCC)OC(=O)CCCCCCCCCCCCCCCCCCCCCCC. The van der Waals surface area contributed by atoms with Crippen molar-refractivity contribution in [2.45, 2.75) is 348 Å². The van der Waals surface area contributed by atoms with Gasteiger partial charge in [-0.15, -0.1) is 0 Å². The number of rotatable bonds is 62. The number of unbranched alkanes of at least 4 members (excludes halogenated alkanes) is 42. The second-order valence-corrected chi connectivity index (χ2v) is 25.8. The number of nitrogens with one attached hydrogen (secondary N) is 1. The number of amides is 1. The van der Waals surface area contributed by atoms with Crippen LogP contribution in [-0.2, 0) is 27.9 Å². The Labute approximate surface area is 485 Å². The molecule has 0 aromatic carbocycles. The Morgan fingerprint density at radius 3 is 1.18 bits per heavy atom. The summed E-state index contributed by atoms with van der Waals surface area (Å²) in [5.41, 5.74) is 0. The van der Waals surface area contributed by atoms with Gasteiger partial charge in [-0.1, -0.05) is 295 Å². The maximum Gasteiger partial charge on any atom is 0.472 e. The van der Waals surface area contributed by atoms with Gasteiger partial charge in [-0.2, -0.15) is 0 Å². The summed E-state index contributed by atoms with van der Waals surface area (Å²) in [6, 6.07) is -0.847. The Balaban J connectivity index is 5.13. The van der Waals surface area contributed by atoms with E-state index in [9.17, 15) is 19.0 Å². The minimum atomic E-state index is -4.45. The topological polar surface area (TPSA) is 111 Å². The van der Waals surface area contributed by atoms with E-state index >= 15 is 0 Å². The Bertz CT molecular complexity index is 1430. The van der Waals surface area contributed by atoms with Crippen molar-refractivity contribution in [3.8, 4) is 0 Å². The molecule has 2 N–H and O–H groups in total. The molecule has 460 valence electrons. The van der Waals surface area contributed by atoms with Crippen LogP contribution in [0.3, 0.4) is 0 Å². The zero-order chi connectivity index (χ0) is 57.2. The largest absolute Gasteiger partial charge is 0.472 e. The minimum absolute atomic E-state index is 0.0418. The van der Waals surface area contributed by atoms with E-state index in [4.69, 9.17) is 13.8 Å². The Kier molecular flexibility index (Phi) is 57.1. The van der Waals surface area contributed by atoms with Crippen molar-refractivity contribution in [1.82, 2.24) is 5.32 Å². The first-order valence-electron chi connectivity index (χ1n) is 33.8. The van der Waals surface area contributed by atoms with Gasteiger partial charge in [0.2, 0.25) is 5.91 Å². The molecule has 0 fully saturated rings. The van der Waals surface area contributed by atoms with Crippen LogP contribution in [0, 0.1) is 0 Å². The fraction of sp³-hybridized carbons (Fsp3) is 0.882. The average Bonchev–Trinajstić information content (AvgIpc) is 3.40. The fourth-order valence-electron chi connectivity index (χ4n) is 10.1. The quantitative estimate of drug-likeness (QED) is 0.0205. The summed E-state index contributed by atoms with van der Waals surface area (Å²) in [6.07, 6.45) is 71.4. The normalized spacial score (nSPS) is 13.8. The number of allylic oxidation sites excluding steroid dienone is 5. The molecule has 1 amide bonds. The third-order valence-electron chi connectivity index (χ3n) is 15.3. The molecule has 3 unspecified atom stereocenters. The number of quaternary nitrogens is 1. The highest BCUT2D eigenvalue weighted by Crippen LogP contribution is 2.43. The molecule has 3 atom stereocenters. The summed E-state index contributed by atoms with van der Waals surface area (Å²) < 4.78 is 30.8. The van der Waals surface area contributed by atoms with Gasteiger partial charge < -0.3 is 19.4 Å². The molecule has 10 heteroatoms. The number of hydrogen-bond acceptors (Lipinski definition) is 6. The van der Waals surface area contributed by atoms with E-state index in [-0.39, 0.29) is 25.1 Å². The molecular formula is C68H132N2O7P+. The molecular weight excluding hydrogens is 988 g/mol. The number of carbonyl (C=O) groups excluding carboxylic acids is 2. The van der Waals surface area contributed by atoms with Crippen molar-refractivity contribution in [3.05, 3.63) is 36.5 Å². The van der Waals surface area contributed by atoms with Crippen molar-refractivity contribution in [2.24, 2.45) is 0 Å². The number of phosphoric acid groups is 1. The zero-order valence-electron chi connectivity index (χ0n) is 52.7. The van der Waals surface area contributed by atoms with Crippen LogP contribution in [0.25, 0.3) is 0 Å². The lowest BCUT2D eigenvalue weighted by Crippen LogP contribution is -2.47. The van der Waals surface area contributed by atoms with Gasteiger partial charge in [-0.3, -0.25) is 18.6 Å². The second-order valence-electron chi connectivity index (χ2n) is 24.4. The summed E-state index contributed by atoms with van der Waals surface area (Å²) in [4.78, 5) is 37.8. The van der Waals surface area contributed by atoms with Gasteiger partial charge >= 0.3 is 13.8 Å². The predicted octanol–water partition coefficient (Wildman–Crippen LogP) is 21.1. The predicted molar refractivity (Wildman–Crippen MR) is 337 cm³/mol. The molecule has 0 aromatic rings. The Hall–Kier alpha value is -1.77. The van der Waals surface area contributed by atoms with Gasteiger partial charge in [0, 0.05) is 12.8 Å². The summed E-state index contributed by atoms with van der Waals surface area (Å²) >= 11 is 0. The van der Waals surface area contributed by atoms with Crippen molar-refractivity contribution < 1.29 is 37.3 Å². The molecule has 0 bridgehead atoms. The summed E-state index contributed by atoms with van der Waals surface area (Å²) in [7, 11) is 1.51. The lowest BCUT2D eigenvalue weighted by Gasteiger charge is -2.27. The highest BCUT2D eigenvalue weighted by Gasteiger charge is 2.30. The smallest absolute Gasteiger partial charge is 0.456 e. The first-order chi connectivity index (χ1) is 37.9. The van der Waals surface area contributed by atoms with Gasteiger partial charge in [-0.05, 0) is 63.9 Å². The van der Waals surface area contributed by atoms with Gasteiger partial charge in [0.25, 0.3) is 0 Å². The zero-order valence-corrected chi connectivity index (χ0v) is 53.6. The third kappa shape index (κ3) is 58.9. The Morgan fingerprint density at radius 1 is 0.449 bits per heavy atom.